The van der Waals surface area contributed by atoms with E-state index in [4.69, 9.17) is 4.74 Å². The van der Waals surface area contributed by atoms with Crippen LogP contribution in [0, 0.1) is 0 Å². The molecule has 0 aliphatic rings. The van der Waals surface area contributed by atoms with E-state index in [2.05, 4.69) is 10.1 Å². The highest BCUT2D eigenvalue weighted by molar-refractivity contribution is 5.83. The second-order valence-corrected chi connectivity index (χ2v) is 3.31. The predicted octanol–water partition coefficient (Wildman–Crippen LogP) is 0.167. The first kappa shape index (κ1) is 13.9. The molecular weight excluding hydrogens is 238 g/mol. The van der Waals surface area contributed by atoms with Gasteiger partial charge in [-0.2, -0.15) is 0 Å². The molecule has 6 heteroatoms. The fourth-order valence-electron chi connectivity index (χ4n) is 1.17. The van der Waals surface area contributed by atoms with Gasteiger partial charge in [-0.05, 0) is 12.1 Å². The molecule has 0 aromatic heterocycles. The van der Waals surface area contributed by atoms with E-state index < -0.39 is 11.9 Å². The van der Waals surface area contributed by atoms with Gasteiger partial charge in [-0.25, -0.2) is 0 Å². The summed E-state index contributed by atoms with van der Waals surface area (Å²) in [5.74, 6) is -0.873. The number of aldehydes is 1. The molecule has 96 valence electrons. The lowest BCUT2D eigenvalue weighted by Crippen LogP contribution is -2.31. The van der Waals surface area contributed by atoms with Crippen molar-refractivity contribution in [1.29, 1.82) is 0 Å². The third kappa shape index (κ3) is 4.34. The van der Waals surface area contributed by atoms with Crippen LogP contribution < -0.4 is 10.1 Å². The summed E-state index contributed by atoms with van der Waals surface area (Å²) in [4.78, 5) is 32.8. The topological polar surface area (TPSA) is 81.7 Å². The number of hydrogen-bond donors (Lipinski definition) is 1. The minimum Gasteiger partial charge on any atom is -0.468 e. The van der Waals surface area contributed by atoms with E-state index in [1.165, 1.54) is 19.2 Å². The van der Waals surface area contributed by atoms with Gasteiger partial charge in [0.1, 0.15) is 5.75 Å². The van der Waals surface area contributed by atoms with Crippen LogP contribution in [0.4, 0.5) is 0 Å². The number of benzene rings is 1. The Kier molecular flexibility index (Phi) is 5.53. The van der Waals surface area contributed by atoms with Gasteiger partial charge in [-0.1, -0.05) is 12.1 Å². The number of hydrogen-bond acceptors (Lipinski definition) is 6. The van der Waals surface area contributed by atoms with Crippen molar-refractivity contribution in [3.63, 3.8) is 0 Å². The molecule has 0 radical (unpaired) electrons. The van der Waals surface area contributed by atoms with Crippen molar-refractivity contribution >= 4 is 18.2 Å². The number of carbonyl (C=O) groups is 3. The van der Waals surface area contributed by atoms with Crippen molar-refractivity contribution in [1.82, 2.24) is 5.32 Å². The summed E-state index contributed by atoms with van der Waals surface area (Å²) >= 11 is 0. The lowest BCUT2D eigenvalue weighted by atomic mass is 10.2. The van der Waals surface area contributed by atoms with Gasteiger partial charge in [-0.15, -0.1) is 0 Å². The lowest BCUT2D eigenvalue weighted by molar-refractivity contribution is -0.139. The van der Waals surface area contributed by atoms with Gasteiger partial charge in [0, 0.05) is 0 Å². The molecule has 0 saturated carbocycles. The minimum atomic E-state index is -0.590. The lowest BCUT2D eigenvalue weighted by Gasteiger charge is -2.06. The normalized spacial score (nSPS) is 9.61. The monoisotopic (exact) mass is 251 g/mol. The van der Waals surface area contributed by atoms with Gasteiger partial charge < -0.3 is 9.47 Å². The summed E-state index contributed by atoms with van der Waals surface area (Å²) in [6, 6.07) is 6.37. The van der Waals surface area contributed by atoms with E-state index in [0.29, 0.717) is 11.8 Å². The molecule has 1 rings (SSSR count). The highest BCUT2D eigenvalue weighted by Crippen LogP contribution is 2.15. The van der Waals surface area contributed by atoms with Crippen LogP contribution in [0.3, 0.4) is 0 Å². The van der Waals surface area contributed by atoms with E-state index in [0.717, 1.165) is 0 Å². The molecule has 0 heterocycles. The van der Waals surface area contributed by atoms with Gasteiger partial charge in [0.2, 0.25) is 0 Å². The smallest absolute Gasteiger partial charge is 0.325 e. The molecule has 0 aliphatic heterocycles. The molecule has 1 aromatic rings. The highest BCUT2D eigenvalue weighted by atomic mass is 16.5. The Morgan fingerprint density at radius 2 is 1.89 bits per heavy atom. The van der Waals surface area contributed by atoms with Gasteiger partial charge in [0.15, 0.2) is 6.29 Å². The second kappa shape index (κ2) is 7.18. The molecule has 18 heavy (non-hydrogen) atoms. The van der Waals surface area contributed by atoms with Crippen LogP contribution in [0.2, 0.25) is 0 Å². The van der Waals surface area contributed by atoms with Crippen LogP contribution in [0.5, 0.6) is 5.75 Å². The molecule has 0 spiro atoms. The molecule has 1 N–H and O–H groups in total. The Balaban J connectivity index is 2.44. The Morgan fingerprint density at radius 1 is 1.22 bits per heavy atom. The zero-order valence-electron chi connectivity index (χ0n) is 9.84. The van der Waals surface area contributed by atoms with E-state index >= 15 is 0 Å². The molecule has 0 aliphatic carbocycles. The van der Waals surface area contributed by atoms with Gasteiger partial charge in [0.05, 0.1) is 25.8 Å². The third-order valence-electron chi connectivity index (χ3n) is 2.04. The summed E-state index contributed by atoms with van der Waals surface area (Å²) in [7, 11) is 1.25. The first-order valence-corrected chi connectivity index (χ1v) is 5.19. The number of ether oxygens (including phenoxy) is 2. The van der Waals surface area contributed by atoms with E-state index in [1.54, 1.807) is 12.1 Å². The maximum atomic E-state index is 11.4. The molecule has 0 fully saturated rings. The molecule has 0 bridgehead atoms. The van der Waals surface area contributed by atoms with Crippen molar-refractivity contribution in [2.75, 3.05) is 20.2 Å². The Labute approximate surface area is 104 Å². The van der Waals surface area contributed by atoms with Crippen LogP contribution in [0.1, 0.15) is 10.4 Å². The number of para-hydroxylation sites is 1. The quantitative estimate of drug-likeness (QED) is 0.441. The summed E-state index contributed by atoms with van der Waals surface area (Å²) in [6.07, 6.45) is 0.602. The average Bonchev–Trinajstić information content (AvgIpc) is 2.39. The summed E-state index contributed by atoms with van der Waals surface area (Å²) < 4.78 is 9.35. The Bertz CT molecular complexity index is 444. The van der Waals surface area contributed by atoms with Crippen molar-refractivity contribution < 1.29 is 23.9 Å². The van der Waals surface area contributed by atoms with Crippen molar-refractivity contribution in [2.24, 2.45) is 0 Å². The largest absolute Gasteiger partial charge is 0.468 e. The standard InChI is InChI=1S/C12H13NO5/c1-17-11(15)6-13-7-12(16)18-10-5-3-2-4-9(10)8-14/h2-5,8,13H,6-7H2,1H3. The first-order chi connectivity index (χ1) is 8.67. The van der Waals surface area contributed by atoms with E-state index in [1.807, 2.05) is 0 Å². The van der Waals surface area contributed by atoms with Crippen molar-refractivity contribution in [3.8, 4) is 5.75 Å². The molecular formula is C12H13NO5. The van der Waals surface area contributed by atoms with Crippen LogP contribution in [-0.4, -0.2) is 38.4 Å². The zero-order chi connectivity index (χ0) is 13.4. The number of rotatable bonds is 6. The Morgan fingerprint density at radius 3 is 2.56 bits per heavy atom. The van der Waals surface area contributed by atoms with Crippen molar-refractivity contribution in [3.05, 3.63) is 29.8 Å². The molecule has 0 saturated heterocycles. The fraction of sp³-hybridized carbons (Fsp3) is 0.250. The van der Waals surface area contributed by atoms with Crippen LogP contribution in [-0.2, 0) is 14.3 Å². The molecule has 6 nitrogen and oxygen atoms in total. The molecule has 0 unspecified atom stereocenters. The van der Waals surface area contributed by atoms with Gasteiger partial charge in [0.25, 0.3) is 0 Å². The number of nitrogens with one attached hydrogen (secondary N) is 1. The van der Waals surface area contributed by atoms with Crippen LogP contribution in [0.25, 0.3) is 0 Å². The van der Waals surface area contributed by atoms with Crippen LogP contribution >= 0.6 is 0 Å². The fourth-order valence-corrected chi connectivity index (χ4v) is 1.17. The first-order valence-electron chi connectivity index (χ1n) is 5.19. The third-order valence-corrected chi connectivity index (χ3v) is 2.04. The van der Waals surface area contributed by atoms with Crippen LogP contribution in [0.15, 0.2) is 24.3 Å². The molecule has 1 aromatic carbocycles. The van der Waals surface area contributed by atoms with Crippen molar-refractivity contribution in [2.45, 2.75) is 0 Å². The number of methoxy groups -OCH3 is 1. The molecule has 0 atom stereocenters. The minimum absolute atomic E-state index is 0.0824. The SMILES string of the molecule is COC(=O)CNCC(=O)Oc1ccccc1C=O. The zero-order valence-corrected chi connectivity index (χ0v) is 9.84. The second-order valence-electron chi connectivity index (χ2n) is 3.31. The number of esters is 2. The molecule has 0 amide bonds. The van der Waals surface area contributed by atoms with Gasteiger partial charge >= 0.3 is 11.9 Å². The predicted molar refractivity (Wildman–Crippen MR) is 62.4 cm³/mol. The van der Waals surface area contributed by atoms with Gasteiger partial charge in [-0.3, -0.25) is 19.7 Å². The van der Waals surface area contributed by atoms with E-state index in [9.17, 15) is 14.4 Å². The average molecular weight is 251 g/mol. The van der Waals surface area contributed by atoms with E-state index in [-0.39, 0.29) is 18.8 Å². The maximum absolute atomic E-state index is 11.4. The summed E-state index contributed by atoms with van der Waals surface area (Å²) in [5.41, 5.74) is 0.291. The Hall–Kier alpha value is -2.21. The summed E-state index contributed by atoms with van der Waals surface area (Å²) in [6.45, 7) is -0.233. The number of carbonyl (C=O) groups excluding carboxylic acids is 3. The summed E-state index contributed by atoms with van der Waals surface area (Å²) in [5, 5.41) is 2.56. The maximum Gasteiger partial charge on any atom is 0.325 e. The highest BCUT2D eigenvalue weighted by Gasteiger charge is 2.09.